The van der Waals surface area contributed by atoms with Crippen LogP contribution in [0.2, 0.25) is 0 Å². The summed E-state index contributed by atoms with van der Waals surface area (Å²) in [6.45, 7) is 5.77. The van der Waals surface area contributed by atoms with Gasteiger partial charge < -0.3 is 15.4 Å². The number of amides is 2. The number of hydrogen-bond acceptors (Lipinski definition) is 3. The molecule has 0 bridgehead atoms. The lowest BCUT2D eigenvalue weighted by Crippen LogP contribution is -2.27. The fraction of sp³-hybridized carbons (Fsp3) is 0.333. The van der Waals surface area contributed by atoms with Crippen molar-refractivity contribution < 1.29 is 14.3 Å². The van der Waals surface area contributed by atoms with Crippen LogP contribution in [0.5, 0.6) is 0 Å². The zero-order valence-electron chi connectivity index (χ0n) is 15.4. The van der Waals surface area contributed by atoms with Crippen molar-refractivity contribution >= 4 is 17.5 Å². The van der Waals surface area contributed by atoms with Gasteiger partial charge in [-0.25, -0.2) is 0 Å². The average molecular weight is 354 g/mol. The van der Waals surface area contributed by atoms with E-state index in [1.165, 1.54) is 0 Å². The Kier molecular flexibility index (Phi) is 7.83. The Bertz CT molecular complexity index is 726. The number of benzene rings is 2. The minimum Gasteiger partial charge on any atom is -0.382 e. The summed E-state index contributed by atoms with van der Waals surface area (Å²) in [5.74, 6) is -0.349. The highest BCUT2D eigenvalue weighted by Gasteiger charge is 2.13. The average Bonchev–Trinajstić information content (AvgIpc) is 2.63. The quantitative estimate of drug-likeness (QED) is 0.679. The summed E-state index contributed by atoms with van der Waals surface area (Å²) < 4.78 is 5.25. The van der Waals surface area contributed by atoms with Gasteiger partial charge in [-0.1, -0.05) is 42.0 Å². The fourth-order valence-corrected chi connectivity index (χ4v) is 2.49. The second kappa shape index (κ2) is 10.4. The molecule has 0 fully saturated rings. The molecule has 0 unspecified atom stereocenters. The van der Waals surface area contributed by atoms with Crippen LogP contribution in [0.3, 0.4) is 0 Å². The maximum Gasteiger partial charge on any atom is 0.253 e. The van der Waals surface area contributed by atoms with Gasteiger partial charge in [-0.15, -0.1) is 0 Å². The number of para-hydroxylation sites is 1. The second-order valence-corrected chi connectivity index (χ2v) is 6.06. The Hall–Kier alpha value is -2.66. The number of carbonyl (C=O) groups is 2. The molecule has 2 rings (SSSR count). The molecular weight excluding hydrogens is 328 g/mol. The van der Waals surface area contributed by atoms with Crippen molar-refractivity contribution in [3.05, 3.63) is 65.2 Å². The number of ether oxygens (including phenoxy) is 1. The SMILES string of the molecule is CCOCCCNC(=O)c1ccccc1NC(=O)Cc1ccc(C)cc1. The van der Waals surface area contributed by atoms with Gasteiger partial charge in [0.15, 0.2) is 0 Å². The third-order valence-corrected chi connectivity index (χ3v) is 3.89. The maximum absolute atomic E-state index is 12.4. The summed E-state index contributed by atoms with van der Waals surface area (Å²) in [5, 5.41) is 5.70. The van der Waals surface area contributed by atoms with Crippen LogP contribution in [0.1, 0.15) is 34.8 Å². The molecular formula is C21H26N2O3. The van der Waals surface area contributed by atoms with Crippen LogP contribution in [-0.2, 0) is 16.0 Å². The van der Waals surface area contributed by atoms with Gasteiger partial charge in [0, 0.05) is 19.8 Å². The van der Waals surface area contributed by atoms with Gasteiger partial charge in [0.2, 0.25) is 5.91 Å². The molecule has 138 valence electrons. The Morgan fingerprint density at radius 3 is 2.50 bits per heavy atom. The molecule has 0 spiro atoms. The fourth-order valence-electron chi connectivity index (χ4n) is 2.49. The summed E-state index contributed by atoms with van der Waals surface area (Å²) in [4.78, 5) is 24.7. The van der Waals surface area contributed by atoms with E-state index in [0.29, 0.717) is 31.0 Å². The van der Waals surface area contributed by atoms with E-state index in [4.69, 9.17) is 4.74 Å². The third kappa shape index (κ3) is 6.33. The number of nitrogens with one attached hydrogen (secondary N) is 2. The molecule has 2 amide bonds. The molecule has 0 saturated heterocycles. The molecule has 0 aliphatic rings. The zero-order valence-corrected chi connectivity index (χ0v) is 15.4. The number of aryl methyl sites for hydroxylation is 1. The predicted octanol–water partition coefficient (Wildman–Crippen LogP) is 3.33. The lowest BCUT2D eigenvalue weighted by molar-refractivity contribution is -0.115. The largest absolute Gasteiger partial charge is 0.382 e. The van der Waals surface area contributed by atoms with Crippen LogP contribution in [0, 0.1) is 6.92 Å². The van der Waals surface area contributed by atoms with Gasteiger partial charge in [0.25, 0.3) is 5.91 Å². The Balaban J connectivity index is 1.93. The van der Waals surface area contributed by atoms with Gasteiger partial charge in [-0.05, 0) is 38.0 Å². The van der Waals surface area contributed by atoms with Crippen molar-refractivity contribution in [1.29, 1.82) is 0 Å². The molecule has 0 aliphatic carbocycles. The minimum atomic E-state index is -0.201. The molecule has 0 aromatic heterocycles. The van der Waals surface area contributed by atoms with Crippen molar-refractivity contribution in [1.82, 2.24) is 5.32 Å². The molecule has 5 heteroatoms. The van der Waals surface area contributed by atoms with E-state index in [1.54, 1.807) is 24.3 Å². The Morgan fingerprint density at radius 1 is 1.04 bits per heavy atom. The minimum absolute atomic E-state index is 0.148. The van der Waals surface area contributed by atoms with Crippen LogP contribution < -0.4 is 10.6 Å². The molecule has 2 aromatic carbocycles. The lowest BCUT2D eigenvalue weighted by atomic mass is 10.1. The van der Waals surface area contributed by atoms with Crippen LogP contribution in [0.4, 0.5) is 5.69 Å². The summed E-state index contributed by atoms with van der Waals surface area (Å²) in [7, 11) is 0. The first kappa shape index (κ1) is 19.7. The molecule has 0 aliphatic heterocycles. The molecule has 0 saturated carbocycles. The van der Waals surface area contributed by atoms with Crippen molar-refractivity contribution in [2.75, 3.05) is 25.1 Å². The first-order chi connectivity index (χ1) is 12.6. The van der Waals surface area contributed by atoms with Crippen LogP contribution in [0.15, 0.2) is 48.5 Å². The third-order valence-electron chi connectivity index (χ3n) is 3.89. The number of rotatable bonds is 9. The highest BCUT2D eigenvalue weighted by molar-refractivity contribution is 6.04. The number of anilines is 1. The highest BCUT2D eigenvalue weighted by atomic mass is 16.5. The normalized spacial score (nSPS) is 10.4. The second-order valence-electron chi connectivity index (χ2n) is 6.06. The molecule has 0 atom stereocenters. The van der Waals surface area contributed by atoms with Crippen molar-refractivity contribution in [3.8, 4) is 0 Å². The van der Waals surface area contributed by atoms with E-state index in [1.807, 2.05) is 38.1 Å². The summed E-state index contributed by atoms with van der Waals surface area (Å²) in [6.07, 6.45) is 1.02. The van der Waals surface area contributed by atoms with Crippen LogP contribution in [-0.4, -0.2) is 31.6 Å². The Labute approximate surface area is 154 Å². The van der Waals surface area contributed by atoms with Crippen LogP contribution >= 0.6 is 0 Å². The van der Waals surface area contributed by atoms with E-state index in [2.05, 4.69) is 10.6 Å². The topological polar surface area (TPSA) is 67.4 Å². The van der Waals surface area contributed by atoms with Gasteiger partial charge in [-0.2, -0.15) is 0 Å². The van der Waals surface area contributed by atoms with Crippen molar-refractivity contribution in [3.63, 3.8) is 0 Å². The maximum atomic E-state index is 12.4. The molecule has 0 radical (unpaired) electrons. The summed E-state index contributed by atoms with van der Waals surface area (Å²) in [6, 6.07) is 14.9. The number of hydrogen-bond donors (Lipinski definition) is 2. The molecule has 2 N–H and O–H groups in total. The van der Waals surface area contributed by atoms with Crippen LogP contribution in [0.25, 0.3) is 0 Å². The van der Waals surface area contributed by atoms with Crippen molar-refractivity contribution in [2.45, 2.75) is 26.7 Å². The van der Waals surface area contributed by atoms with E-state index >= 15 is 0 Å². The van der Waals surface area contributed by atoms with E-state index in [0.717, 1.165) is 17.5 Å². The Morgan fingerprint density at radius 2 is 1.77 bits per heavy atom. The molecule has 26 heavy (non-hydrogen) atoms. The predicted molar refractivity (Wildman–Crippen MR) is 103 cm³/mol. The molecule has 2 aromatic rings. The summed E-state index contributed by atoms with van der Waals surface area (Å²) >= 11 is 0. The molecule has 0 heterocycles. The summed E-state index contributed by atoms with van der Waals surface area (Å²) in [5.41, 5.74) is 3.07. The van der Waals surface area contributed by atoms with Gasteiger partial charge in [0.1, 0.15) is 0 Å². The lowest BCUT2D eigenvalue weighted by Gasteiger charge is -2.11. The van der Waals surface area contributed by atoms with Gasteiger partial charge >= 0.3 is 0 Å². The van der Waals surface area contributed by atoms with Gasteiger partial charge in [0.05, 0.1) is 17.7 Å². The monoisotopic (exact) mass is 354 g/mol. The standard InChI is InChI=1S/C21H26N2O3/c1-3-26-14-6-13-22-21(25)18-7-4-5-8-19(18)23-20(24)15-17-11-9-16(2)10-12-17/h4-5,7-12H,3,6,13-15H2,1-2H3,(H,22,25)(H,23,24). The van der Waals surface area contributed by atoms with Gasteiger partial charge in [-0.3, -0.25) is 9.59 Å². The van der Waals surface area contributed by atoms with E-state index in [9.17, 15) is 9.59 Å². The first-order valence-electron chi connectivity index (χ1n) is 8.90. The zero-order chi connectivity index (χ0) is 18.8. The molecule has 5 nitrogen and oxygen atoms in total. The number of carbonyl (C=O) groups excluding carboxylic acids is 2. The van der Waals surface area contributed by atoms with Crippen molar-refractivity contribution in [2.24, 2.45) is 0 Å². The van der Waals surface area contributed by atoms with E-state index in [-0.39, 0.29) is 18.2 Å². The van der Waals surface area contributed by atoms with E-state index < -0.39 is 0 Å². The highest BCUT2D eigenvalue weighted by Crippen LogP contribution is 2.15. The first-order valence-corrected chi connectivity index (χ1v) is 8.90. The smallest absolute Gasteiger partial charge is 0.253 e.